The molecule has 2 fully saturated rings. The summed E-state index contributed by atoms with van der Waals surface area (Å²) in [4.78, 5) is 13.8. The Morgan fingerprint density at radius 1 is 1.21 bits per heavy atom. The fourth-order valence-electron chi connectivity index (χ4n) is 2.59. The van der Waals surface area contributed by atoms with Gasteiger partial charge in [-0.3, -0.25) is 0 Å². The van der Waals surface area contributed by atoms with Gasteiger partial charge in [0.15, 0.2) is 0 Å². The highest BCUT2D eigenvalue weighted by Gasteiger charge is 2.30. The third-order valence-electron chi connectivity index (χ3n) is 3.53. The molecular formula is C14H26N2O2S. The summed E-state index contributed by atoms with van der Waals surface area (Å²) in [5.74, 6) is 2.53. The van der Waals surface area contributed by atoms with Gasteiger partial charge in [0.2, 0.25) is 0 Å². The van der Waals surface area contributed by atoms with Crippen molar-refractivity contribution in [2.75, 3.05) is 24.6 Å². The number of hydrogen-bond acceptors (Lipinski definition) is 4. The highest BCUT2D eigenvalue weighted by Crippen LogP contribution is 2.20. The first kappa shape index (κ1) is 15.0. The van der Waals surface area contributed by atoms with E-state index >= 15 is 0 Å². The first-order valence-electron chi connectivity index (χ1n) is 7.26. The highest BCUT2D eigenvalue weighted by molar-refractivity contribution is 7.99. The minimum absolute atomic E-state index is 0.170. The Hall–Kier alpha value is -0.420. The molecule has 2 aliphatic rings. The van der Waals surface area contributed by atoms with Crippen molar-refractivity contribution in [3.8, 4) is 0 Å². The Morgan fingerprint density at radius 3 is 2.53 bits per heavy atom. The molecule has 19 heavy (non-hydrogen) atoms. The summed E-state index contributed by atoms with van der Waals surface area (Å²) in [7, 11) is 0. The molecule has 0 aromatic rings. The summed E-state index contributed by atoms with van der Waals surface area (Å²) in [5.41, 5.74) is -0.400. The van der Waals surface area contributed by atoms with Gasteiger partial charge >= 0.3 is 6.09 Å². The molecular weight excluding hydrogens is 260 g/mol. The summed E-state index contributed by atoms with van der Waals surface area (Å²) >= 11 is 2.04. The van der Waals surface area contributed by atoms with Gasteiger partial charge in [-0.2, -0.15) is 11.8 Å². The van der Waals surface area contributed by atoms with E-state index in [1.165, 1.54) is 24.3 Å². The number of likely N-dealkylation sites (tertiary alicyclic amines) is 1. The van der Waals surface area contributed by atoms with E-state index < -0.39 is 5.60 Å². The Bertz CT molecular complexity index is 311. The van der Waals surface area contributed by atoms with Crippen LogP contribution >= 0.6 is 11.8 Å². The number of thioether (sulfide) groups is 1. The second-order valence-electron chi connectivity index (χ2n) is 6.47. The highest BCUT2D eigenvalue weighted by atomic mass is 32.2. The van der Waals surface area contributed by atoms with Crippen LogP contribution in [0.4, 0.5) is 4.79 Å². The van der Waals surface area contributed by atoms with Gasteiger partial charge in [-0.25, -0.2) is 4.79 Å². The molecule has 5 heteroatoms. The molecule has 0 aromatic heterocycles. The third-order valence-corrected chi connectivity index (χ3v) is 4.58. The van der Waals surface area contributed by atoms with Crippen LogP contribution in [0.5, 0.6) is 0 Å². The molecule has 1 N–H and O–H groups in total. The maximum atomic E-state index is 12.0. The number of rotatable bonds is 2. The van der Waals surface area contributed by atoms with E-state index in [0.717, 1.165) is 19.5 Å². The lowest BCUT2D eigenvalue weighted by atomic mass is 10.1. The zero-order valence-electron chi connectivity index (χ0n) is 12.3. The maximum Gasteiger partial charge on any atom is 0.410 e. The van der Waals surface area contributed by atoms with Crippen LogP contribution in [0.3, 0.4) is 0 Å². The largest absolute Gasteiger partial charge is 0.444 e. The molecule has 1 amide bonds. The van der Waals surface area contributed by atoms with E-state index in [1.54, 1.807) is 0 Å². The summed E-state index contributed by atoms with van der Waals surface area (Å²) in [6, 6.07) is 1.09. The van der Waals surface area contributed by atoms with Gasteiger partial charge in [0.1, 0.15) is 5.60 Å². The summed E-state index contributed by atoms with van der Waals surface area (Å²) in [6.45, 7) is 7.34. The van der Waals surface area contributed by atoms with Crippen LogP contribution in [0.2, 0.25) is 0 Å². The van der Waals surface area contributed by atoms with E-state index in [4.69, 9.17) is 4.74 Å². The second kappa shape index (κ2) is 6.35. The van der Waals surface area contributed by atoms with E-state index in [2.05, 4.69) is 5.32 Å². The van der Waals surface area contributed by atoms with Crippen LogP contribution in [0.1, 0.15) is 40.0 Å². The lowest BCUT2D eigenvalue weighted by molar-refractivity contribution is 0.0290. The number of carbonyl (C=O) groups is 1. The molecule has 0 unspecified atom stereocenters. The van der Waals surface area contributed by atoms with Gasteiger partial charge in [0.25, 0.3) is 0 Å². The monoisotopic (exact) mass is 286 g/mol. The van der Waals surface area contributed by atoms with Gasteiger partial charge in [-0.15, -0.1) is 0 Å². The Balaban J connectivity index is 1.74. The van der Waals surface area contributed by atoms with Crippen molar-refractivity contribution < 1.29 is 9.53 Å². The average Bonchev–Trinajstić information content (AvgIpc) is 2.77. The molecule has 4 nitrogen and oxygen atoms in total. The number of nitrogens with zero attached hydrogens (tertiary/aromatic N) is 1. The van der Waals surface area contributed by atoms with Crippen LogP contribution in [-0.4, -0.2) is 53.3 Å². The second-order valence-corrected chi connectivity index (χ2v) is 7.69. The van der Waals surface area contributed by atoms with Crippen molar-refractivity contribution in [2.45, 2.75) is 57.7 Å². The fourth-order valence-corrected chi connectivity index (χ4v) is 3.69. The normalized spacial score (nSPS) is 25.6. The molecule has 2 rings (SSSR count). The molecule has 0 saturated carbocycles. The van der Waals surface area contributed by atoms with Gasteiger partial charge in [-0.1, -0.05) is 0 Å². The van der Waals surface area contributed by atoms with Gasteiger partial charge in [0, 0.05) is 25.2 Å². The molecule has 0 aromatic carbocycles. The molecule has 0 aliphatic carbocycles. The maximum absolute atomic E-state index is 12.0. The first-order valence-corrected chi connectivity index (χ1v) is 8.41. The Labute approximate surface area is 120 Å². The molecule has 0 bridgehead atoms. The van der Waals surface area contributed by atoms with Gasteiger partial charge in [-0.05, 0) is 51.5 Å². The number of nitrogens with one attached hydrogen (secondary N) is 1. The minimum atomic E-state index is -0.400. The van der Waals surface area contributed by atoms with E-state index in [1.807, 2.05) is 37.4 Å². The standard InChI is InChI=1S/C14H26N2O2S/c1-14(2,3)18-13(17)16-7-4-12(10-16)15-11-5-8-19-9-6-11/h11-12,15H,4-10H2,1-3H3/t12-/m0/s1. The molecule has 2 saturated heterocycles. The fraction of sp³-hybridized carbons (Fsp3) is 0.929. The molecule has 1 atom stereocenters. The predicted molar refractivity (Wildman–Crippen MR) is 79.7 cm³/mol. The van der Waals surface area contributed by atoms with Crippen LogP contribution in [0.25, 0.3) is 0 Å². The van der Waals surface area contributed by atoms with Crippen molar-refractivity contribution in [3.63, 3.8) is 0 Å². The van der Waals surface area contributed by atoms with Crippen LogP contribution in [-0.2, 0) is 4.74 Å². The zero-order chi connectivity index (χ0) is 13.9. The number of amides is 1. The van der Waals surface area contributed by atoms with Crippen LogP contribution < -0.4 is 5.32 Å². The summed E-state index contributed by atoms with van der Waals surface area (Å²) in [6.07, 6.45) is 3.39. The average molecular weight is 286 g/mol. The number of carbonyl (C=O) groups excluding carboxylic acids is 1. The lowest BCUT2D eigenvalue weighted by Gasteiger charge is -2.27. The van der Waals surface area contributed by atoms with Crippen molar-refractivity contribution in [3.05, 3.63) is 0 Å². The molecule has 2 heterocycles. The van der Waals surface area contributed by atoms with Gasteiger partial charge < -0.3 is 15.0 Å². The number of ether oxygens (including phenoxy) is 1. The molecule has 0 spiro atoms. The summed E-state index contributed by atoms with van der Waals surface area (Å²) in [5, 5.41) is 3.70. The zero-order valence-corrected chi connectivity index (χ0v) is 13.1. The van der Waals surface area contributed by atoms with E-state index in [9.17, 15) is 4.79 Å². The SMILES string of the molecule is CC(C)(C)OC(=O)N1CC[C@H](NC2CCSCC2)C1. The van der Waals surface area contributed by atoms with Crippen molar-refractivity contribution in [1.29, 1.82) is 0 Å². The lowest BCUT2D eigenvalue weighted by Crippen LogP contribution is -2.43. The minimum Gasteiger partial charge on any atom is -0.444 e. The van der Waals surface area contributed by atoms with E-state index in [0.29, 0.717) is 12.1 Å². The molecule has 110 valence electrons. The van der Waals surface area contributed by atoms with Crippen LogP contribution in [0, 0.1) is 0 Å². The number of hydrogen-bond donors (Lipinski definition) is 1. The summed E-state index contributed by atoms with van der Waals surface area (Å²) < 4.78 is 5.42. The van der Waals surface area contributed by atoms with Gasteiger partial charge in [0.05, 0.1) is 0 Å². The van der Waals surface area contributed by atoms with Crippen LogP contribution in [0.15, 0.2) is 0 Å². The Kier molecular flexibility index (Phi) is 5.01. The van der Waals surface area contributed by atoms with E-state index in [-0.39, 0.29) is 6.09 Å². The topological polar surface area (TPSA) is 41.6 Å². The predicted octanol–water partition coefficient (Wildman–Crippen LogP) is 2.48. The Morgan fingerprint density at radius 2 is 1.89 bits per heavy atom. The first-order chi connectivity index (χ1) is 8.94. The molecule has 2 aliphatic heterocycles. The van der Waals surface area contributed by atoms with Crippen molar-refractivity contribution in [2.24, 2.45) is 0 Å². The van der Waals surface area contributed by atoms with Crippen molar-refractivity contribution >= 4 is 17.9 Å². The third kappa shape index (κ3) is 4.88. The molecule has 0 radical (unpaired) electrons. The smallest absolute Gasteiger partial charge is 0.410 e. The quantitative estimate of drug-likeness (QED) is 0.847. The van der Waals surface area contributed by atoms with Crippen molar-refractivity contribution in [1.82, 2.24) is 10.2 Å².